The first-order chi connectivity index (χ1) is 14.8. The number of anilines is 1. The van der Waals surface area contributed by atoms with Gasteiger partial charge < -0.3 is 9.64 Å². The van der Waals surface area contributed by atoms with Crippen LogP contribution in [0, 0.1) is 5.82 Å². The first-order valence-electron chi connectivity index (χ1n) is 9.18. The van der Waals surface area contributed by atoms with E-state index in [1.165, 1.54) is 11.8 Å². The third kappa shape index (κ3) is 5.07. The molecule has 1 atom stereocenters. The number of nitrogens with zero attached hydrogens (tertiary/aromatic N) is 2. The standard InChI is InChI=1S/C19H17ClF6N2O3S/c1-11-10-27(16-4-2-12(21)8-14(16)19(24,25)26)6-7-28(11)32(29,30)17-5-3-13(9-15(17)20)31-18(22)23/h2-5,8-9,11,18H,6-7,10H2,1H3/t11-/m1/s1. The average Bonchev–Trinajstić information content (AvgIpc) is 2.66. The van der Waals surface area contributed by atoms with E-state index in [0.29, 0.717) is 6.07 Å². The molecule has 2 aromatic rings. The third-order valence-corrected chi connectivity index (χ3v) is 7.38. The van der Waals surface area contributed by atoms with Crippen LogP contribution in [0.2, 0.25) is 5.02 Å². The van der Waals surface area contributed by atoms with E-state index >= 15 is 0 Å². The molecule has 1 aliphatic rings. The van der Waals surface area contributed by atoms with E-state index < -0.39 is 40.2 Å². The zero-order valence-corrected chi connectivity index (χ0v) is 18.0. The summed E-state index contributed by atoms with van der Waals surface area (Å²) >= 11 is 5.97. The Balaban J connectivity index is 1.85. The molecule has 2 aromatic carbocycles. The van der Waals surface area contributed by atoms with Gasteiger partial charge in [-0.15, -0.1) is 0 Å². The second-order valence-corrected chi connectivity index (χ2v) is 9.31. The van der Waals surface area contributed by atoms with E-state index in [1.807, 2.05) is 0 Å². The van der Waals surface area contributed by atoms with E-state index in [0.717, 1.165) is 34.6 Å². The molecule has 0 aromatic heterocycles. The summed E-state index contributed by atoms with van der Waals surface area (Å²) in [7, 11) is -4.19. The van der Waals surface area contributed by atoms with Crippen LogP contribution in [-0.4, -0.2) is 45.0 Å². The monoisotopic (exact) mass is 502 g/mol. The Kier molecular flexibility index (Phi) is 6.87. The van der Waals surface area contributed by atoms with Crippen LogP contribution in [0.4, 0.5) is 32.0 Å². The molecule has 3 rings (SSSR count). The van der Waals surface area contributed by atoms with Gasteiger partial charge in [-0.1, -0.05) is 11.6 Å². The van der Waals surface area contributed by atoms with Crippen molar-refractivity contribution in [2.75, 3.05) is 24.5 Å². The number of ether oxygens (including phenoxy) is 1. The molecule has 1 fully saturated rings. The Labute approximate surface area is 185 Å². The molecule has 0 bridgehead atoms. The summed E-state index contributed by atoms with van der Waals surface area (Å²) in [5.41, 5.74) is -1.41. The van der Waals surface area contributed by atoms with Gasteiger partial charge in [-0.3, -0.25) is 0 Å². The van der Waals surface area contributed by atoms with Crippen molar-refractivity contribution in [3.05, 3.63) is 52.8 Å². The number of halogens is 7. The smallest absolute Gasteiger partial charge is 0.418 e. The molecule has 0 aliphatic carbocycles. The summed E-state index contributed by atoms with van der Waals surface area (Å²) in [6.45, 7) is -1.98. The van der Waals surface area contributed by atoms with E-state index in [4.69, 9.17) is 11.6 Å². The van der Waals surface area contributed by atoms with Crippen molar-refractivity contribution in [1.82, 2.24) is 4.31 Å². The fourth-order valence-electron chi connectivity index (χ4n) is 3.52. The molecule has 32 heavy (non-hydrogen) atoms. The molecule has 0 N–H and O–H groups in total. The fourth-order valence-corrected chi connectivity index (χ4v) is 5.64. The zero-order valence-electron chi connectivity index (χ0n) is 16.4. The lowest BCUT2D eigenvalue weighted by molar-refractivity contribution is -0.137. The van der Waals surface area contributed by atoms with E-state index in [-0.39, 0.29) is 41.0 Å². The maximum Gasteiger partial charge on any atom is 0.418 e. The average molecular weight is 503 g/mol. The molecule has 1 aliphatic heterocycles. The Bertz CT molecular complexity index is 1100. The van der Waals surface area contributed by atoms with Crippen LogP contribution in [0.5, 0.6) is 5.75 Å². The minimum absolute atomic E-state index is 0.0948. The predicted molar refractivity (Wildman–Crippen MR) is 105 cm³/mol. The van der Waals surface area contributed by atoms with E-state index in [9.17, 15) is 34.8 Å². The Morgan fingerprint density at radius 1 is 1.12 bits per heavy atom. The number of sulfonamides is 1. The van der Waals surface area contributed by atoms with Crippen molar-refractivity contribution < 1.29 is 39.5 Å². The highest BCUT2D eigenvalue weighted by molar-refractivity contribution is 7.89. The Hall–Kier alpha value is -2.18. The summed E-state index contributed by atoms with van der Waals surface area (Å²) in [5, 5.41) is -0.337. The third-order valence-electron chi connectivity index (χ3n) is 4.89. The highest BCUT2D eigenvalue weighted by Gasteiger charge is 2.39. The van der Waals surface area contributed by atoms with Crippen LogP contribution in [0.3, 0.4) is 0 Å². The van der Waals surface area contributed by atoms with Crippen LogP contribution < -0.4 is 9.64 Å². The van der Waals surface area contributed by atoms with Crippen LogP contribution in [-0.2, 0) is 16.2 Å². The molecule has 0 radical (unpaired) electrons. The minimum atomic E-state index is -4.79. The van der Waals surface area contributed by atoms with Crippen LogP contribution in [0.15, 0.2) is 41.3 Å². The van der Waals surface area contributed by atoms with Crippen molar-refractivity contribution in [2.45, 2.75) is 30.6 Å². The molecule has 176 valence electrons. The first-order valence-corrected chi connectivity index (χ1v) is 11.0. The van der Waals surface area contributed by atoms with Crippen LogP contribution in [0.25, 0.3) is 0 Å². The molecule has 0 saturated carbocycles. The topological polar surface area (TPSA) is 49.9 Å². The zero-order chi connectivity index (χ0) is 23.8. The van der Waals surface area contributed by atoms with Crippen molar-refractivity contribution in [3.8, 4) is 5.75 Å². The van der Waals surface area contributed by atoms with Crippen molar-refractivity contribution in [1.29, 1.82) is 0 Å². The quantitative estimate of drug-likeness (QED) is 0.540. The van der Waals surface area contributed by atoms with Gasteiger partial charge in [-0.2, -0.15) is 26.3 Å². The molecule has 1 heterocycles. The largest absolute Gasteiger partial charge is 0.435 e. The van der Waals surface area contributed by atoms with Gasteiger partial charge in [-0.25, -0.2) is 12.8 Å². The summed E-state index contributed by atoms with van der Waals surface area (Å²) < 4.78 is 110. The summed E-state index contributed by atoms with van der Waals surface area (Å²) in [4.78, 5) is 0.985. The van der Waals surface area contributed by atoms with Crippen molar-refractivity contribution >= 4 is 27.3 Å². The number of hydrogen-bond acceptors (Lipinski definition) is 4. The number of rotatable bonds is 5. The van der Waals surface area contributed by atoms with Crippen molar-refractivity contribution in [3.63, 3.8) is 0 Å². The Morgan fingerprint density at radius 3 is 2.38 bits per heavy atom. The number of alkyl halides is 5. The van der Waals surface area contributed by atoms with Gasteiger partial charge in [0.25, 0.3) is 0 Å². The molecule has 0 spiro atoms. The number of benzene rings is 2. The highest BCUT2D eigenvalue weighted by Crippen LogP contribution is 2.38. The lowest BCUT2D eigenvalue weighted by Crippen LogP contribution is -2.54. The summed E-state index contributed by atoms with van der Waals surface area (Å²) in [5.74, 6) is -1.36. The highest BCUT2D eigenvalue weighted by atomic mass is 35.5. The van der Waals surface area contributed by atoms with Gasteiger partial charge in [0, 0.05) is 37.4 Å². The van der Waals surface area contributed by atoms with Crippen molar-refractivity contribution in [2.24, 2.45) is 0 Å². The van der Waals surface area contributed by atoms with Gasteiger partial charge in [0.2, 0.25) is 10.0 Å². The normalized spacial score (nSPS) is 18.3. The first kappa shape index (κ1) is 24.5. The summed E-state index contributed by atoms with van der Waals surface area (Å²) in [6, 6.07) is 4.53. The maximum absolute atomic E-state index is 13.4. The van der Waals surface area contributed by atoms with Crippen LogP contribution >= 0.6 is 11.6 Å². The molecule has 0 unspecified atom stereocenters. The molecular weight excluding hydrogens is 486 g/mol. The molecule has 0 amide bonds. The van der Waals surface area contributed by atoms with Gasteiger partial charge in [-0.05, 0) is 37.3 Å². The summed E-state index contributed by atoms with van der Waals surface area (Å²) in [6.07, 6.45) is -4.79. The van der Waals surface area contributed by atoms with Gasteiger partial charge in [0.1, 0.15) is 16.5 Å². The van der Waals surface area contributed by atoms with Gasteiger partial charge in [0.05, 0.1) is 10.6 Å². The van der Waals surface area contributed by atoms with E-state index in [2.05, 4.69) is 4.74 Å². The van der Waals surface area contributed by atoms with E-state index in [1.54, 1.807) is 0 Å². The predicted octanol–water partition coefficient (Wildman–Crippen LogP) is 5.00. The van der Waals surface area contributed by atoms with Gasteiger partial charge in [0.15, 0.2) is 0 Å². The van der Waals surface area contributed by atoms with Gasteiger partial charge >= 0.3 is 12.8 Å². The second-order valence-electron chi connectivity index (χ2n) is 7.04. The molecule has 5 nitrogen and oxygen atoms in total. The minimum Gasteiger partial charge on any atom is -0.435 e. The lowest BCUT2D eigenvalue weighted by Gasteiger charge is -2.40. The molecule has 1 saturated heterocycles. The molecular formula is C19H17ClF6N2O3S. The maximum atomic E-state index is 13.4. The fraction of sp³-hybridized carbons (Fsp3) is 0.368. The number of piperazine rings is 1. The SMILES string of the molecule is C[C@@H]1CN(c2ccc(F)cc2C(F)(F)F)CCN1S(=O)(=O)c1ccc(OC(F)F)cc1Cl. The lowest BCUT2D eigenvalue weighted by atomic mass is 10.1. The Morgan fingerprint density at radius 2 is 1.81 bits per heavy atom. The second kappa shape index (κ2) is 8.99. The number of hydrogen-bond donors (Lipinski definition) is 0. The van der Waals surface area contributed by atoms with Crippen LogP contribution in [0.1, 0.15) is 12.5 Å². The molecule has 13 heteroatoms.